The monoisotopic (exact) mass is 474 g/mol. The average Bonchev–Trinajstić information content (AvgIpc) is 2.81. The molecular formula is C23H24ClFN4O4. The number of hydrogen-bond donors (Lipinski definition) is 2. The van der Waals surface area contributed by atoms with Crippen molar-refractivity contribution in [1.29, 1.82) is 0 Å². The topological polar surface area (TPSA) is 91.0 Å². The fraction of sp³-hybridized carbons (Fsp3) is 0.348. The summed E-state index contributed by atoms with van der Waals surface area (Å²) in [6, 6.07) is 9.88. The van der Waals surface area contributed by atoms with E-state index in [-0.39, 0.29) is 19.0 Å². The Bertz CT molecular complexity index is 1060. The van der Waals surface area contributed by atoms with Gasteiger partial charge in [-0.3, -0.25) is 24.7 Å². The van der Waals surface area contributed by atoms with Crippen LogP contribution in [0.2, 0.25) is 5.02 Å². The summed E-state index contributed by atoms with van der Waals surface area (Å²) in [6.45, 7) is 0.372. The van der Waals surface area contributed by atoms with E-state index in [9.17, 15) is 18.8 Å². The highest BCUT2D eigenvalue weighted by Gasteiger charge is 2.47. The van der Waals surface area contributed by atoms with Crippen molar-refractivity contribution in [1.82, 2.24) is 15.1 Å². The number of imide groups is 1. The molecule has 4 rings (SSSR count). The number of urea groups is 1. The molecule has 2 unspecified atom stereocenters. The maximum absolute atomic E-state index is 13.3. The molecular weight excluding hydrogens is 451 g/mol. The summed E-state index contributed by atoms with van der Waals surface area (Å²) in [5.41, 5.74) is 1.00. The van der Waals surface area contributed by atoms with Crippen LogP contribution >= 0.6 is 11.6 Å². The molecule has 8 nitrogen and oxygen atoms in total. The molecule has 174 valence electrons. The number of carbonyl (C=O) groups excluding carboxylic acids is 3. The van der Waals surface area contributed by atoms with Crippen LogP contribution < -0.4 is 15.4 Å². The highest BCUT2D eigenvalue weighted by molar-refractivity contribution is 6.31. The zero-order valence-corrected chi connectivity index (χ0v) is 18.8. The largest absolute Gasteiger partial charge is 0.495 e. The van der Waals surface area contributed by atoms with E-state index < -0.39 is 29.8 Å². The first-order chi connectivity index (χ1) is 15.9. The molecule has 2 aliphatic heterocycles. The van der Waals surface area contributed by atoms with Crippen LogP contribution in [-0.4, -0.2) is 54.0 Å². The Labute approximate surface area is 195 Å². The van der Waals surface area contributed by atoms with Gasteiger partial charge in [0.15, 0.2) is 0 Å². The first-order valence-electron chi connectivity index (χ1n) is 10.6. The number of fused-ring (bicyclic) bond motifs is 1. The zero-order chi connectivity index (χ0) is 23.5. The van der Waals surface area contributed by atoms with Crippen LogP contribution in [-0.2, 0) is 16.1 Å². The standard InChI is InChI=1S/C23H24ClFN4O4/c1-33-19-9-6-15(24)11-18(19)27-20(30)13-28-21-17(3-2-10-26-21)22(31)29(23(28)32)12-14-4-7-16(25)8-5-14/h4-9,11,17,21,26H,2-3,10,12-13H2,1H3,(H,27,30). The van der Waals surface area contributed by atoms with E-state index in [2.05, 4.69) is 10.6 Å². The molecule has 2 saturated heterocycles. The van der Waals surface area contributed by atoms with E-state index in [4.69, 9.17) is 16.3 Å². The quantitative estimate of drug-likeness (QED) is 0.671. The number of ether oxygens (including phenoxy) is 1. The second-order valence-electron chi connectivity index (χ2n) is 8.00. The number of halogens is 2. The van der Waals surface area contributed by atoms with Crippen molar-refractivity contribution in [2.75, 3.05) is 25.5 Å². The van der Waals surface area contributed by atoms with E-state index in [1.165, 1.54) is 36.3 Å². The molecule has 0 bridgehead atoms. The predicted molar refractivity (Wildman–Crippen MR) is 120 cm³/mol. The summed E-state index contributed by atoms with van der Waals surface area (Å²) < 4.78 is 18.5. The van der Waals surface area contributed by atoms with Gasteiger partial charge in [-0.2, -0.15) is 0 Å². The summed E-state index contributed by atoms with van der Waals surface area (Å²) in [7, 11) is 1.47. The van der Waals surface area contributed by atoms with Crippen molar-refractivity contribution < 1.29 is 23.5 Å². The van der Waals surface area contributed by atoms with Crippen LogP contribution in [0.15, 0.2) is 42.5 Å². The lowest BCUT2D eigenvalue weighted by Gasteiger charge is -2.46. The summed E-state index contributed by atoms with van der Waals surface area (Å²) in [6.07, 6.45) is 0.810. The van der Waals surface area contributed by atoms with Crippen LogP contribution in [0, 0.1) is 11.7 Å². The minimum absolute atomic E-state index is 0.00139. The van der Waals surface area contributed by atoms with Gasteiger partial charge in [-0.1, -0.05) is 23.7 Å². The molecule has 2 fully saturated rings. The summed E-state index contributed by atoms with van der Waals surface area (Å²) in [4.78, 5) is 41.8. The van der Waals surface area contributed by atoms with Gasteiger partial charge in [0.1, 0.15) is 18.1 Å². The first-order valence-corrected chi connectivity index (χ1v) is 11.0. The van der Waals surface area contributed by atoms with Gasteiger partial charge in [-0.25, -0.2) is 9.18 Å². The molecule has 2 heterocycles. The van der Waals surface area contributed by atoms with Crippen molar-refractivity contribution in [3.05, 3.63) is 58.9 Å². The molecule has 33 heavy (non-hydrogen) atoms. The lowest BCUT2D eigenvalue weighted by atomic mass is 9.91. The van der Waals surface area contributed by atoms with Gasteiger partial charge < -0.3 is 10.1 Å². The highest BCUT2D eigenvalue weighted by Crippen LogP contribution is 2.30. The first kappa shape index (κ1) is 23.0. The second-order valence-corrected chi connectivity index (χ2v) is 8.44. The summed E-state index contributed by atoms with van der Waals surface area (Å²) in [5, 5.41) is 6.36. The molecule has 0 radical (unpaired) electrons. The van der Waals surface area contributed by atoms with Gasteiger partial charge in [0.05, 0.1) is 31.4 Å². The Balaban J connectivity index is 1.55. The van der Waals surface area contributed by atoms with Crippen molar-refractivity contribution in [2.45, 2.75) is 25.6 Å². The number of hydrogen-bond acceptors (Lipinski definition) is 5. The number of rotatable bonds is 6. The highest BCUT2D eigenvalue weighted by atomic mass is 35.5. The van der Waals surface area contributed by atoms with Crippen molar-refractivity contribution in [3.63, 3.8) is 0 Å². The zero-order valence-electron chi connectivity index (χ0n) is 18.0. The normalized spacial score (nSPS) is 20.5. The predicted octanol–water partition coefficient (Wildman–Crippen LogP) is 3.22. The second kappa shape index (κ2) is 9.76. The minimum Gasteiger partial charge on any atom is -0.495 e. The number of amides is 4. The van der Waals surface area contributed by atoms with Gasteiger partial charge in [-0.15, -0.1) is 0 Å². The van der Waals surface area contributed by atoms with Gasteiger partial charge in [-0.05, 0) is 55.3 Å². The Morgan fingerprint density at radius 2 is 2.00 bits per heavy atom. The molecule has 0 aromatic heterocycles. The van der Waals surface area contributed by atoms with E-state index in [0.29, 0.717) is 35.0 Å². The number of anilines is 1. The van der Waals surface area contributed by atoms with E-state index >= 15 is 0 Å². The summed E-state index contributed by atoms with van der Waals surface area (Å²) in [5.74, 6) is -1.19. The van der Waals surface area contributed by atoms with Crippen molar-refractivity contribution >= 4 is 35.1 Å². The molecule has 2 aromatic carbocycles. The van der Waals surface area contributed by atoms with Crippen molar-refractivity contribution in [3.8, 4) is 5.75 Å². The van der Waals surface area contributed by atoms with Gasteiger partial charge >= 0.3 is 6.03 Å². The molecule has 10 heteroatoms. The number of nitrogens with one attached hydrogen (secondary N) is 2. The van der Waals surface area contributed by atoms with E-state index in [0.717, 1.165) is 11.3 Å². The average molecular weight is 475 g/mol. The maximum Gasteiger partial charge on any atom is 0.328 e. The van der Waals surface area contributed by atoms with Crippen LogP contribution in [0.25, 0.3) is 0 Å². The molecule has 0 saturated carbocycles. The number of piperidine rings is 1. The van der Waals surface area contributed by atoms with Gasteiger partial charge in [0.2, 0.25) is 11.8 Å². The van der Waals surface area contributed by atoms with Gasteiger partial charge in [0.25, 0.3) is 0 Å². The lowest BCUT2D eigenvalue weighted by molar-refractivity contribution is -0.143. The molecule has 0 spiro atoms. The Kier molecular flexibility index (Phi) is 6.80. The molecule has 2 aromatic rings. The molecule has 2 N–H and O–H groups in total. The fourth-order valence-corrected chi connectivity index (χ4v) is 4.40. The van der Waals surface area contributed by atoms with E-state index in [1.807, 2.05) is 0 Å². The van der Waals surface area contributed by atoms with Crippen LogP contribution in [0.4, 0.5) is 14.9 Å². The summed E-state index contributed by atoms with van der Waals surface area (Å²) >= 11 is 6.04. The van der Waals surface area contributed by atoms with Crippen LogP contribution in [0.5, 0.6) is 5.75 Å². The van der Waals surface area contributed by atoms with E-state index in [1.54, 1.807) is 18.2 Å². The number of benzene rings is 2. The van der Waals surface area contributed by atoms with Crippen LogP contribution in [0.1, 0.15) is 18.4 Å². The maximum atomic E-state index is 13.3. The Morgan fingerprint density at radius 3 is 2.73 bits per heavy atom. The minimum atomic E-state index is -0.576. The molecule has 2 aliphatic rings. The SMILES string of the molecule is COc1ccc(Cl)cc1NC(=O)CN1C(=O)N(Cc2ccc(F)cc2)C(=O)C2CCCNC21. The molecule has 0 aliphatic carbocycles. The van der Waals surface area contributed by atoms with Crippen LogP contribution in [0.3, 0.4) is 0 Å². The smallest absolute Gasteiger partial charge is 0.328 e. The Hall–Kier alpha value is -3.17. The number of methoxy groups -OCH3 is 1. The molecule has 4 amide bonds. The third-order valence-electron chi connectivity index (χ3n) is 5.83. The third-order valence-corrected chi connectivity index (χ3v) is 6.06. The number of carbonyl (C=O) groups is 3. The lowest BCUT2D eigenvalue weighted by Crippen LogP contribution is -2.68. The number of nitrogens with zero attached hydrogens (tertiary/aromatic N) is 2. The third kappa shape index (κ3) is 4.94. The molecule has 2 atom stereocenters. The van der Waals surface area contributed by atoms with Gasteiger partial charge in [0, 0.05) is 5.02 Å². The Morgan fingerprint density at radius 1 is 1.24 bits per heavy atom. The fourth-order valence-electron chi connectivity index (χ4n) is 4.23. The van der Waals surface area contributed by atoms with Crippen molar-refractivity contribution in [2.24, 2.45) is 5.92 Å².